The number of rotatable bonds is 6. The lowest BCUT2D eigenvalue weighted by molar-refractivity contribution is 0.0342. The van der Waals surface area contributed by atoms with Gasteiger partial charge in [0.1, 0.15) is 24.4 Å². The molecule has 2 aromatic carbocycles. The van der Waals surface area contributed by atoms with E-state index in [1.54, 1.807) is 0 Å². The summed E-state index contributed by atoms with van der Waals surface area (Å²) in [6.45, 7) is 7.09. The Kier molecular flexibility index (Phi) is 7.55. The summed E-state index contributed by atoms with van der Waals surface area (Å²) < 4.78 is 38.8. The number of hydrogen-bond acceptors (Lipinski definition) is 5. The molecule has 1 atom stereocenters. The molecule has 0 N–H and O–H groups in total. The van der Waals surface area contributed by atoms with E-state index in [1.165, 1.54) is 23.3 Å². The summed E-state index contributed by atoms with van der Waals surface area (Å²) in [4.78, 5) is 9.12. The number of ether oxygens (including phenoxy) is 2. The second-order valence-electron chi connectivity index (χ2n) is 7.95. The second-order valence-corrected chi connectivity index (χ2v) is 8.80. The Morgan fingerprint density at radius 1 is 1.09 bits per heavy atom. The minimum atomic E-state index is -0.631. The fourth-order valence-corrected chi connectivity index (χ4v) is 4.22. The van der Waals surface area contributed by atoms with Gasteiger partial charge in [-0.2, -0.15) is 0 Å². The predicted octanol–water partition coefficient (Wildman–Crippen LogP) is 4.81. The third-order valence-electron chi connectivity index (χ3n) is 5.51. The van der Waals surface area contributed by atoms with Gasteiger partial charge >= 0.3 is 0 Å². The maximum Gasteiger partial charge on any atom is 0.227 e. The summed E-state index contributed by atoms with van der Waals surface area (Å²) in [5.74, 6) is -0.840. The van der Waals surface area contributed by atoms with E-state index in [9.17, 15) is 8.78 Å². The van der Waals surface area contributed by atoms with Crippen LogP contribution in [0.1, 0.15) is 23.6 Å². The molecule has 2 heterocycles. The van der Waals surface area contributed by atoms with Gasteiger partial charge in [-0.3, -0.25) is 4.90 Å². The van der Waals surface area contributed by atoms with Crippen molar-refractivity contribution in [1.29, 1.82) is 0 Å². The summed E-state index contributed by atoms with van der Waals surface area (Å²) >= 11 is 3.51. The average molecular weight is 506 g/mol. The molecular weight excluding hydrogens is 480 g/mol. The van der Waals surface area contributed by atoms with E-state index in [2.05, 4.69) is 55.0 Å². The van der Waals surface area contributed by atoms with Gasteiger partial charge in [-0.05, 0) is 46.1 Å². The van der Waals surface area contributed by atoms with Crippen molar-refractivity contribution in [2.45, 2.75) is 32.8 Å². The van der Waals surface area contributed by atoms with E-state index in [4.69, 9.17) is 9.47 Å². The SMILES string of the molecule is CC1N=C(OCc2ccc(F)cc2F)C(Br)=CN1Cc1cccc(CN2CCOCC2)c1. The summed E-state index contributed by atoms with van der Waals surface area (Å²) in [7, 11) is 0. The number of benzene rings is 2. The molecule has 0 bridgehead atoms. The molecule has 2 aromatic rings. The number of aliphatic imine (C=N–C) groups is 1. The molecule has 5 nitrogen and oxygen atoms in total. The van der Waals surface area contributed by atoms with Crippen LogP contribution in [0.4, 0.5) is 8.78 Å². The molecule has 8 heteroatoms. The third kappa shape index (κ3) is 5.94. The number of nitrogens with zero attached hydrogens (tertiary/aromatic N) is 3. The Hall–Kier alpha value is -2.29. The van der Waals surface area contributed by atoms with Crippen LogP contribution in [0.25, 0.3) is 0 Å². The predicted molar refractivity (Wildman–Crippen MR) is 123 cm³/mol. The first-order chi connectivity index (χ1) is 15.5. The smallest absolute Gasteiger partial charge is 0.227 e. The van der Waals surface area contributed by atoms with Gasteiger partial charge in [0.25, 0.3) is 0 Å². The van der Waals surface area contributed by atoms with E-state index in [1.807, 2.05) is 13.1 Å². The first-order valence-electron chi connectivity index (χ1n) is 10.6. The van der Waals surface area contributed by atoms with Crippen molar-refractivity contribution >= 4 is 21.8 Å². The lowest BCUT2D eigenvalue weighted by Crippen LogP contribution is -2.35. The maximum absolute atomic E-state index is 13.9. The van der Waals surface area contributed by atoms with Gasteiger partial charge in [0.15, 0.2) is 0 Å². The zero-order chi connectivity index (χ0) is 22.5. The van der Waals surface area contributed by atoms with Crippen LogP contribution in [0, 0.1) is 11.6 Å². The number of hydrogen-bond donors (Lipinski definition) is 0. The fraction of sp³-hybridized carbons (Fsp3) is 0.375. The zero-order valence-corrected chi connectivity index (χ0v) is 19.5. The van der Waals surface area contributed by atoms with Crippen LogP contribution in [-0.2, 0) is 29.2 Å². The van der Waals surface area contributed by atoms with Gasteiger partial charge < -0.3 is 14.4 Å². The molecule has 2 aliphatic rings. The number of halogens is 3. The summed E-state index contributed by atoms with van der Waals surface area (Å²) in [5, 5.41) is 0. The van der Waals surface area contributed by atoms with Gasteiger partial charge in [-0.25, -0.2) is 13.8 Å². The molecule has 0 aliphatic carbocycles. The van der Waals surface area contributed by atoms with Gasteiger partial charge in [0.05, 0.1) is 17.7 Å². The standard InChI is InChI=1S/C24H26BrF2N3O2/c1-17-28-24(32-16-20-5-6-21(26)12-23(20)27)22(25)15-30(17)14-19-4-2-3-18(11-19)13-29-7-9-31-10-8-29/h2-6,11-12,15,17H,7-10,13-14,16H2,1H3. The van der Waals surface area contributed by atoms with Crippen molar-refractivity contribution in [3.8, 4) is 0 Å². The Bertz CT molecular complexity index is 1010. The van der Waals surface area contributed by atoms with Crippen LogP contribution in [0.15, 0.2) is 58.1 Å². The Morgan fingerprint density at radius 3 is 2.59 bits per heavy atom. The molecule has 0 spiro atoms. The minimum Gasteiger partial charge on any atom is -0.472 e. The lowest BCUT2D eigenvalue weighted by atomic mass is 10.1. The average Bonchev–Trinajstić information content (AvgIpc) is 2.77. The summed E-state index contributed by atoms with van der Waals surface area (Å²) in [6, 6.07) is 12.0. The van der Waals surface area contributed by atoms with E-state index in [0.29, 0.717) is 16.9 Å². The highest BCUT2D eigenvalue weighted by molar-refractivity contribution is 9.12. The highest BCUT2D eigenvalue weighted by atomic mass is 79.9. The van der Waals surface area contributed by atoms with E-state index in [-0.39, 0.29) is 18.3 Å². The molecule has 0 radical (unpaired) electrons. The Balaban J connectivity index is 1.36. The van der Waals surface area contributed by atoms with E-state index < -0.39 is 11.6 Å². The van der Waals surface area contributed by atoms with Crippen molar-refractivity contribution < 1.29 is 18.3 Å². The Morgan fingerprint density at radius 2 is 1.84 bits per heavy atom. The van der Waals surface area contributed by atoms with Crippen molar-refractivity contribution in [3.05, 3.63) is 81.5 Å². The Labute approximate surface area is 195 Å². The zero-order valence-electron chi connectivity index (χ0n) is 17.9. The van der Waals surface area contributed by atoms with Crippen molar-refractivity contribution in [3.63, 3.8) is 0 Å². The van der Waals surface area contributed by atoms with E-state index in [0.717, 1.165) is 38.9 Å². The molecule has 170 valence electrons. The molecule has 1 saturated heterocycles. The molecule has 32 heavy (non-hydrogen) atoms. The summed E-state index contributed by atoms with van der Waals surface area (Å²) in [6.07, 6.45) is 1.80. The molecule has 1 fully saturated rings. The first-order valence-corrected chi connectivity index (χ1v) is 11.4. The molecule has 4 rings (SSSR count). The quantitative estimate of drug-likeness (QED) is 0.564. The molecule has 0 saturated carbocycles. The van der Waals surface area contributed by atoms with E-state index >= 15 is 0 Å². The van der Waals surface area contributed by atoms with Gasteiger partial charge in [-0.1, -0.05) is 24.3 Å². The van der Waals surface area contributed by atoms with Crippen LogP contribution < -0.4 is 0 Å². The monoisotopic (exact) mass is 505 g/mol. The maximum atomic E-state index is 13.9. The van der Waals surface area contributed by atoms with Gasteiger partial charge in [0.2, 0.25) is 5.90 Å². The second kappa shape index (κ2) is 10.6. The van der Waals surface area contributed by atoms with Gasteiger partial charge in [-0.15, -0.1) is 0 Å². The molecular formula is C24H26BrF2N3O2. The summed E-state index contributed by atoms with van der Waals surface area (Å²) in [5.41, 5.74) is 2.76. The normalized spacial score (nSPS) is 19.5. The van der Waals surface area contributed by atoms with Crippen LogP contribution in [0.3, 0.4) is 0 Å². The van der Waals surface area contributed by atoms with Crippen LogP contribution in [0.2, 0.25) is 0 Å². The van der Waals surface area contributed by atoms with Crippen LogP contribution >= 0.6 is 15.9 Å². The van der Waals surface area contributed by atoms with Crippen LogP contribution in [0.5, 0.6) is 0 Å². The van der Waals surface area contributed by atoms with Crippen LogP contribution in [-0.4, -0.2) is 48.2 Å². The molecule has 1 unspecified atom stereocenters. The van der Waals surface area contributed by atoms with Crippen molar-refractivity contribution in [2.75, 3.05) is 26.3 Å². The lowest BCUT2D eigenvalue weighted by Gasteiger charge is -2.30. The highest BCUT2D eigenvalue weighted by Gasteiger charge is 2.21. The van der Waals surface area contributed by atoms with Crippen molar-refractivity contribution in [1.82, 2.24) is 9.80 Å². The van der Waals surface area contributed by atoms with Crippen molar-refractivity contribution in [2.24, 2.45) is 4.99 Å². The topological polar surface area (TPSA) is 37.3 Å². The molecule has 0 amide bonds. The van der Waals surface area contributed by atoms with Gasteiger partial charge in [0, 0.05) is 44.0 Å². The minimum absolute atomic E-state index is 0.0236. The first kappa shape index (κ1) is 22.9. The highest BCUT2D eigenvalue weighted by Crippen LogP contribution is 2.23. The largest absolute Gasteiger partial charge is 0.472 e. The molecule has 0 aromatic heterocycles. The number of morpholine rings is 1. The third-order valence-corrected chi connectivity index (χ3v) is 6.06. The molecule has 2 aliphatic heterocycles. The fourth-order valence-electron chi connectivity index (χ4n) is 3.74.